The summed E-state index contributed by atoms with van der Waals surface area (Å²) in [5.41, 5.74) is 0.0385. The van der Waals surface area contributed by atoms with Crippen LogP contribution in [0.5, 0.6) is 0 Å². The highest BCUT2D eigenvalue weighted by Crippen LogP contribution is 2.13. The van der Waals surface area contributed by atoms with Crippen LogP contribution >= 0.6 is 0 Å². The van der Waals surface area contributed by atoms with Crippen LogP contribution in [0.25, 0.3) is 5.69 Å². The average molecular weight is 381 g/mol. The van der Waals surface area contributed by atoms with Crippen LogP contribution in [0.1, 0.15) is 12.5 Å². The van der Waals surface area contributed by atoms with Gasteiger partial charge in [0.25, 0.3) is 11.2 Å². The Hall–Kier alpha value is -4.08. The van der Waals surface area contributed by atoms with Crippen molar-refractivity contribution in [2.75, 3.05) is 5.32 Å². The smallest absolute Gasteiger partial charge is 0.326 e. The normalized spacial score (nSPS) is 10.5. The summed E-state index contributed by atoms with van der Waals surface area (Å²) < 4.78 is 2.01. The van der Waals surface area contributed by atoms with Crippen molar-refractivity contribution in [3.8, 4) is 5.69 Å². The molecule has 10 nitrogen and oxygen atoms in total. The molecule has 0 radical (unpaired) electrons. The maximum absolute atomic E-state index is 12.8. The van der Waals surface area contributed by atoms with E-state index < -0.39 is 16.2 Å². The molecule has 1 heterocycles. The first kappa shape index (κ1) is 18.7. The first-order chi connectivity index (χ1) is 13.3. The number of anilines is 1. The van der Waals surface area contributed by atoms with Gasteiger partial charge in [0.1, 0.15) is 6.20 Å². The number of carbonyl (C=O) groups excluding carboxylic acids is 1. The minimum Gasteiger partial charge on any atom is -0.326 e. The van der Waals surface area contributed by atoms with Crippen molar-refractivity contribution in [2.45, 2.75) is 13.5 Å². The van der Waals surface area contributed by atoms with E-state index in [-0.39, 0.29) is 18.1 Å². The molecule has 1 amide bonds. The van der Waals surface area contributed by atoms with E-state index in [9.17, 15) is 24.5 Å². The monoisotopic (exact) mass is 381 g/mol. The van der Waals surface area contributed by atoms with Gasteiger partial charge in [-0.3, -0.25) is 24.3 Å². The highest BCUT2D eigenvalue weighted by molar-refractivity contribution is 5.88. The molecular formula is C18H15N5O5. The number of aromatic nitrogens is 3. The molecule has 0 saturated carbocycles. The van der Waals surface area contributed by atoms with Crippen LogP contribution in [0.15, 0.2) is 64.3 Å². The molecule has 3 rings (SSSR count). The van der Waals surface area contributed by atoms with Crippen LogP contribution < -0.4 is 16.6 Å². The number of hydrogen-bond donors (Lipinski definition) is 1. The minimum atomic E-state index is -0.675. The van der Waals surface area contributed by atoms with E-state index in [1.165, 1.54) is 31.2 Å². The van der Waals surface area contributed by atoms with E-state index >= 15 is 0 Å². The molecule has 0 fully saturated rings. The average Bonchev–Trinajstić information content (AvgIpc) is 2.65. The molecule has 3 aromatic rings. The third-order valence-corrected chi connectivity index (χ3v) is 3.86. The van der Waals surface area contributed by atoms with Crippen LogP contribution in [-0.2, 0) is 11.3 Å². The van der Waals surface area contributed by atoms with Crippen LogP contribution in [0.2, 0.25) is 0 Å². The predicted molar refractivity (Wildman–Crippen MR) is 101 cm³/mol. The van der Waals surface area contributed by atoms with Crippen molar-refractivity contribution in [2.24, 2.45) is 0 Å². The Morgan fingerprint density at radius 1 is 1.18 bits per heavy atom. The van der Waals surface area contributed by atoms with Crippen LogP contribution in [0.4, 0.5) is 11.4 Å². The SMILES string of the molecule is CC(=O)Nc1cccc(-n2ncc(=O)n(Cc3ccc([N+](=O)[O-])cc3)c2=O)c1. The Morgan fingerprint density at radius 3 is 2.54 bits per heavy atom. The lowest BCUT2D eigenvalue weighted by Gasteiger charge is -2.10. The fraction of sp³-hybridized carbons (Fsp3) is 0.111. The molecule has 1 aromatic heterocycles. The first-order valence-electron chi connectivity index (χ1n) is 8.15. The van der Waals surface area contributed by atoms with Crippen molar-refractivity contribution in [1.29, 1.82) is 0 Å². The van der Waals surface area contributed by atoms with Gasteiger partial charge in [-0.2, -0.15) is 9.78 Å². The highest BCUT2D eigenvalue weighted by Gasteiger charge is 2.11. The Kier molecular flexibility index (Phi) is 5.12. The minimum absolute atomic E-state index is 0.0659. The Morgan fingerprint density at radius 2 is 1.89 bits per heavy atom. The molecule has 0 spiro atoms. The van der Waals surface area contributed by atoms with Crippen molar-refractivity contribution >= 4 is 17.3 Å². The summed E-state index contributed by atoms with van der Waals surface area (Å²) in [6, 6.07) is 12.0. The Balaban J connectivity index is 1.99. The third kappa shape index (κ3) is 4.01. The number of non-ortho nitro benzene ring substituents is 1. The van der Waals surface area contributed by atoms with Crippen LogP contribution in [0.3, 0.4) is 0 Å². The molecule has 0 aliphatic rings. The largest absolute Gasteiger partial charge is 0.352 e. The maximum Gasteiger partial charge on any atom is 0.352 e. The zero-order chi connectivity index (χ0) is 20.3. The van der Waals surface area contributed by atoms with Gasteiger partial charge in [-0.25, -0.2) is 4.79 Å². The van der Waals surface area contributed by atoms with E-state index in [1.807, 2.05) is 0 Å². The van der Waals surface area contributed by atoms with Crippen molar-refractivity contribution in [3.05, 3.63) is 91.2 Å². The molecule has 10 heteroatoms. The number of amides is 1. The Bertz CT molecular complexity index is 1160. The molecule has 0 atom stereocenters. The molecule has 0 unspecified atom stereocenters. The second-order valence-electron chi connectivity index (χ2n) is 5.92. The van der Waals surface area contributed by atoms with Crippen LogP contribution in [-0.4, -0.2) is 25.2 Å². The number of nitro groups is 1. The molecule has 0 bridgehead atoms. The van der Waals surface area contributed by atoms with Gasteiger partial charge in [0.05, 0.1) is 17.2 Å². The summed E-state index contributed by atoms with van der Waals surface area (Å²) in [5, 5.41) is 17.2. The van der Waals surface area contributed by atoms with E-state index in [2.05, 4.69) is 10.4 Å². The van der Waals surface area contributed by atoms with Crippen LogP contribution in [0, 0.1) is 10.1 Å². The summed E-state index contributed by atoms with van der Waals surface area (Å²) in [5.74, 6) is -0.263. The summed E-state index contributed by atoms with van der Waals surface area (Å²) in [7, 11) is 0. The lowest BCUT2D eigenvalue weighted by Crippen LogP contribution is -2.40. The molecular weight excluding hydrogens is 366 g/mol. The summed E-state index contributed by atoms with van der Waals surface area (Å²) in [6.07, 6.45) is 1.01. The van der Waals surface area contributed by atoms with Gasteiger partial charge in [-0.05, 0) is 23.8 Å². The number of nitrogens with one attached hydrogen (secondary N) is 1. The zero-order valence-electron chi connectivity index (χ0n) is 14.7. The quantitative estimate of drug-likeness (QED) is 0.524. The number of rotatable bonds is 5. The van der Waals surface area contributed by atoms with E-state index in [1.54, 1.807) is 24.3 Å². The number of benzene rings is 2. The molecule has 0 aliphatic carbocycles. The summed E-state index contributed by atoms with van der Waals surface area (Å²) in [6.45, 7) is 1.30. The molecule has 2 aromatic carbocycles. The van der Waals surface area contributed by atoms with Crippen molar-refractivity contribution in [3.63, 3.8) is 0 Å². The van der Waals surface area contributed by atoms with Gasteiger partial charge in [0.2, 0.25) is 5.91 Å². The Labute approximate surface area is 157 Å². The molecule has 1 N–H and O–H groups in total. The number of hydrogen-bond acceptors (Lipinski definition) is 6. The van der Waals surface area contributed by atoms with E-state index in [4.69, 9.17) is 0 Å². The summed E-state index contributed by atoms with van der Waals surface area (Å²) >= 11 is 0. The first-order valence-corrected chi connectivity index (χ1v) is 8.15. The predicted octanol–water partition coefficient (Wildman–Crippen LogP) is 1.31. The second kappa shape index (κ2) is 7.66. The second-order valence-corrected chi connectivity index (χ2v) is 5.92. The standard InChI is InChI=1S/C18H15N5O5/c1-12(24)20-14-3-2-4-16(9-14)22-18(26)21(17(25)10-19-22)11-13-5-7-15(8-6-13)23(27)28/h2-10H,11H2,1H3,(H,20,24). The number of nitrogens with zero attached hydrogens (tertiary/aromatic N) is 4. The maximum atomic E-state index is 12.8. The van der Waals surface area contributed by atoms with Gasteiger partial charge >= 0.3 is 5.69 Å². The van der Waals surface area contributed by atoms with Gasteiger partial charge < -0.3 is 5.32 Å². The third-order valence-electron chi connectivity index (χ3n) is 3.86. The van der Waals surface area contributed by atoms with Gasteiger partial charge in [0.15, 0.2) is 0 Å². The fourth-order valence-electron chi connectivity index (χ4n) is 2.58. The fourth-order valence-corrected chi connectivity index (χ4v) is 2.58. The van der Waals surface area contributed by atoms with Gasteiger partial charge in [0, 0.05) is 24.7 Å². The highest BCUT2D eigenvalue weighted by atomic mass is 16.6. The lowest BCUT2D eigenvalue weighted by atomic mass is 10.2. The van der Waals surface area contributed by atoms with Gasteiger partial charge in [-0.1, -0.05) is 18.2 Å². The lowest BCUT2D eigenvalue weighted by molar-refractivity contribution is -0.384. The molecule has 0 saturated heterocycles. The van der Waals surface area contributed by atoms with Gasteiger partial charge in [-0.15, -0.1) is 0 Å². The van der Waals surface area contributed by atoms with E-state index in [0.29, 0.717) is 16.9 Å². The number of nitro benzene ring substituents is 1. The van der Waals surface area contributed by atoms with Crippen molar-refractivity contribution < 1.29 is 9.72 Å². The molecule has 142 valence electrons. The van der Waals surface area contributed by atoms with E-state index in [0.717, 1.165) is 15.4 Å². The molecule has 28 heavy (non-hydrogen) atoms. The zero-order valence-corrected chi connectivity index (χ0v) is 14.7. The van der Waals surface area contributed by atoms with Crippen molar-refractivity contribution in [1.82, 2.24) is 14.3 Å². The molecule has 0 aliphatic heterocycles. The number of carbonyl (C=O) groups is 1. The topological polar surface area (TPSA) is 129 Å². The summed E-state index contributed by atoms with van der Waals surface area (Å²) in [4.78, 5) is 46.3.